The molecule has 0 radical (unpaired) electrons. The van der Waals surface area contributed by atoms with E-state index < -0.39 is 16.0 Å². The summed E-state index contributed by atoms with van der Waals surface area (Å²) in [7, 11) is -2.91. The van der Waals surface area contributed by atoms with Crippen LogP contribution in [0.4, 0.5) is 3.89 Å². The minimum Gasteiger partial charge on any atom is -0.380 e. The van der Waals surface area contributed by atoms with Gasteiger partial charge in [-0.25, -0.2) is 0 Å². The number of hydrogen-bond acceptors (Lipinski definition) is 5. The highest BCUT2D eigenvalue weighted by Crippen LogP contribution is 2.13. The van der Waals surface area contributed by atoms with Gasteiger partial charge in [0, 0.05) is 26.2 Å². The van der Waals surface area contributed by atoms with Crippen LogP contribution in [-0.2, 0) is 28.1 Å². The predicted octanol–water partition coefficient (Wildman–Crippen LogP) is 2.24. The fraction of sp³-hybridized carbons (Fsp3) is 0.533. The van der Waals surface area contributed by atoms with Crippen molar-refractivity contribution in [1.82, 2.24) is 4.90 Å². The van der Waals surface area contributed by atoms with Crippen LogP contribution in [0.5, 0.6) is 0 Å². The van der Waals surface area contributed by atoms with Gasteiger partial charge < -0.3 is 4.74 Å². The van der Waals surface area contributed by atoms with Gasteiger partial charge >= 0.3 is 10.2 Å². The van der Waals surface area contributed by atoms with E-state index in [2.05, 4.69) is 6.07 Å². The summed E-state index contributed by atoms with van der Waals surface area (Å²) in [5, 5.41) is 8.81. The van der Waals surface area contributed by atoms with Gasteiger partial charge in [0.1, 0.15) is 0 Å². The van der Waals surface area contributed by atoms with E-state index in [0.717, 1.165) is 11.1 Å². The fourth-order valence-corrected chi connectivity index (χ4v) is 2.61. The van der Waals surface area contributed by atoms with Crippen LogP contribution in [0.15, 0.2) is 24.3 Å². The first kappa shape index (κ1) is 18.6. The summed E-state index contributed by atoms with van der Waals surface area (Å²) in [5.74, 6) is -0.569. The maximum absolute atomic E-state index is 12.8. The van der Waals surface area contributed by atoms with Crippen LogP contribution in [-0.4, -0.2) is 38.8 Å². The molecule has 1 aromatic rings. The average Bonchev–Trinajstić information content (AvgIpc) is 2.43. The van der Waals surface area contributed by atoms with Crippen molar-refractivity contribution < 1.29 is 17.0 Å². The lowest BCUT2D eigenvalue weighted by Gasteiger charge is -2.27. The fourth-order valence-electron chi connectivity index (χ4n) is 2.16. The second kappa shape index (κ2) is 8.83. The lowest BCUT2D eigenvalue weighted by atomic mass is 10.1. The number of nitrogens with zero attached hydrogens (tertiary/aromatic N) is 2. The minimum atomic E-state index is -4.52. The molecule has 7 heteroatoms. The Kier molecular flexibility index (Phi) is 7.45. The maximum atomic E-state index is 12.8. The number of methoxy groups -OCH3 is 1. The first-order valence-electron chi connectivity index (χ1n) is 6.96. The highest BCUT2D eigenvalue weighted by molar-refractivity contribution is 7.86. The molecule has 0 saturated carbocycles. The van der Waals surface area contributed by atoms with Crippen molar-refractivity contribution in [3.05, 3.63) is 35.4 Å². The molecule has 0 fully saturated rings. The normalized spacial score (nSPS) is 13.0. The maximum Gasteiger partial charge on any atom is 0.303 e. The van der Waals surface area contributed by atoms with Crippen LogP contribution in [0.1, 0.15) is 24.5 Å². The Morgan fingerprint density at radius 3 is 2.68 bits per heavy atom. The molecule has 5 nitrogen and oxygen atoms in total. The molecule has 0 heterocycles. The number of rotatable bonds is 9. The van der Waals surface area contributed by atoms with E-state index in [4.69, 9.17) is 10.00 Å². The van der Waals surface area contributed by atoms with Gasteiger partial charge in [0.15, 0.2) is 0 Å². The van der Waals surface area contributed by atoms with Gasteiger partial charge in [0.2, 0.25) is 0 Å². The van der Waals surface area contributed by atoms with Crippen LogP contribution >= 0.6 is 0 Å². The van der Waals surface area contributed by atoms with E-state index in [1.54, 1.807) is 12.0 Å². The van der Waals surface area contributed by atoms with Crippen molar-refractivity contribution in [3.8, 4) is 6.07 Å². The second-order valence-corrected chi connectivity index (χ2v) is 6.66. The summed E-state index contributed by atoms with van der Waals surface area (Å²) >= 11 is 0. The van der Waals surface area contributed by atoms with E-state index in [1.807, 2.05) is 31.2 Å². The Labute approximate surface area is 131 Å². The number of nitriles is 1. The van der Waals surface area contributed by atoms with Crippen LogP contribution in [0.2, 0.25) is 0 Å². The third-order valence-corrected chi connectivity index (χ3v) is 3.99. The minimum absolute atomic E-state index is 0.0518. The molecule has 0 aliphatic rings. The molecule has 0 aromatic heterocycles. The van der Waals surface area contributed by atoms with Crippen molar-refractivity contribution in [3.63, 3.8) is 0 Å². The zero-order chi connectivity index (χ0) is 16.6. The molecular weight excluding hydrogens is 307 g/mol. The largest absolute Gasteiger partial charge is 0.380 e. The molecule has 22 heavy (non-hydrogen) atoms. The third-order valence-electron chi connectivity index (χ3n) is 3.32. The first-order chi connectivity index (χ1) is 10.4. The molecule has 0 aliphatic heterocycles. The Hall–Kier alpha value is -1.49. The van der Waals surface area contributed by atoms with Crippen LogP contribution < -0.4 is 0 Å². The molecule has 1 aromatic carbocycles. The third kappa shape index (κ3) is 6.98. The molecule has 122 valence electrons. The second-order valence-electron chi connectivity index (χ2n) is 5.18. The van der Waals surface area contributed by atoms with Gasteiger partial charge in [-0.2, -0.15) is 13.7 Å². The molecule has 0 N–H and O–H groups in total. The standard InChI is InChI=1S/C15H21FN2O3S/c1-13(6-7-17)18(8-9-22(16,19)20)11-14-4-3-5-15(10-14)12-21-2/h3-5,10,13H,6,8-9,11-12H2,1-2H3. The van der Waals surface area contributed by atoms with Gasteiger partial charge in [-0.05, 0) is 18.1 Å². The molecule has 0 spiro atoms. The first-order valence-corrected chi connectivity index (χ1v) is 8.51. The summed E-state index contributed by atoms with van der Waals surface area (Å²) in [5.41, 5.74) is 1.97. The Morgan fingerprint density at radius 1 is 1.41 bits per heavy atom. The number of ether oxygens (including phenoxy) is 1. The molecule has 0 bridgehead atoms. The van der Waals surface area contributed by atoms with Crippen molar-refractivity contribution in [2.75, 3.05) is 19.4 Å². The summed E-state index contributed by atoms with van der Waals surface area (Å²) in [6.45, 7) is 2.82. The summed E-state index contributed by atoms with van der Waals surface area (Å²) < 4.78 is 39.3. The van der Waals surface area contributed by atoms with Crippen LogP contribution in [0, 0.1) is 11.3 Å². The molecule has 1 unspecified atom stereocenters. The van der Waals surface area contributed by atoms with Crippen molar-refractivity contribution in [1.29, 1.82) is 5.26 Å². The Balaban J connectivity index is 2.83. The quantitative estimate of drug-likeness (QED) is 0.650. The molecule has 0 aliphatic carbocycles. The SMILES string of the molecule is COCc1cccc(CN(CCS(=O)(=O)F)C(C)CC#N)c1. The van der Waals surface area contributed by atoms with Crippen molar-refractivity contribution in [2.45, 2.75) is 32.5 Å². The summed E-state index contributed by atoms with van der Waals surface area (Å²) in [6.07, 6.45) is 0.254. The van der Waals surface area contributed by atoms with Crippen LogP contribution in [0.3, 0.4) is 0 Å². The average molecular weight is 328 g/mol. The highest BCUT2D eigenvalue weighted by Gasteiger charge is 2.18. The molecule has 0 saturated heterocycles. The van der Waals surface area contributed by atoms with Gasteiger partial charge in [-0.3, -0.25) is 4.90 Å². The highest BCUT2D eigenvalue weighted by atomic mass is 32.3. The van der Waals surface area contributed by atoms with Crippen LogP contribution in [0.25, 0.3) is 0 Å². The smallest absolute Gasteiger partial charge is 0.303 e. The van der Waals surface area contributed by atoms with E-state index >= 15 is 0 Å². The van der Waals surface area contributed by atoms with E-state index in [9.17, 15) is 12.3 Å². The number of halogens is 1. The Morgan fingerprint density at radius 2 is 2.09 bits per heavy atom. The molecule has 0 amide bonds. The lowest BCUT2D eigenvalue weighted by Crippen LogP contribution is -2.35. The summed E-state index contributed by atoms with van der Waals surface area (Å²) in [4.78, 5) is 1.80. The monoisotopic (exact) mass is 328 g/mol. The van der Waals surface area contributed by atoms with Gasteiger partial charge in [0.25, 0.3) is 0 Å². The summed E-state index contributed by atoms with van der Waals surface area (Å²) in [6, 6.07) is 9.60. The zero-order valence-electron chi connectivity index (χ0n) is 12.8. The van der Waals surface area contributed by atoms with Gasteiger partial charge in [-0.1, -0.05) is 24.3 Å². The number of hydrogen-bond donors (Lipinski definition) is 0. The predicted molar refractivity (Wildman–Crippen MR) is 82.2 cm³/mol. The topological polar surface area (TPSA) is 70.4 Å². The van der Waals surface area contributed by atoms with Gasteiger partial charge in [0.05, 0.1) is 24.8 Å². The lowest BCUT2D eigenvalue weighted by molar-refractivity contribution is 0.184. The number of benzene rings is 1. The Bertz CT molecular complexity index is 613. The van der Waals surface area contributed by atoms with E-state index in [-0.39, 0.29) is 19.0 Å². The van der Waals surface area contributed by atoms with E-state index in [1.165, 1.54) is 0 Å². The van der Waals surface area contributed by atoms with E-state index in [0.29, 0.717) is 13.2 Å². The van der Waals surface area contributed by atoms with Crippen molar-refractivity contribution in [2.24, 2.45) is 0 Å². The molecular formula is C15H21FN2O3S. The zero-order valence-corrected chi connectivity index (χ0v) is 13.6. The molecule has 1 atom stereocenters. The van der Waals surface area contributed by atoms with Crippen molar-refractivity contribution >= 4 is 10.2 Å². The van der Waals surface area contributed by atoms with Gasteiger partial charge in [-0.15, -0.1) is 3.89 Å². The molecule has 1 rings (SSSR count).